The first-order valence-corrected chi connectivity index (χ1v) is 11.6. The minimum absolute atomic E-state index is 0.0894. The van der Waals surface area contributed by atoms with Crippen LogP contribution in [0.3, 0.4) is 0 Å². The second-order valence-corrected chi connectivity index (χ2v) is 8.42. The number of aromatic nitrogens is 1. The molecule has 1 fully saturated rings. The van der Waals surface area contributed by atoms with Crippen LogP contribution in [-0.4, -0.2) is 36.3 Å². The van der Waals surface area contributed by atoms with Crippen molar-refractivity contribution < 1.29 is 33.9 Å². The maximum absolute atomic E-state index is 13.6. The number of ether oxygens (including phenoxy) is 2. The summed E-state index contributed by atoms with van der Waals surface area (Å²) < 4.78 is 10.2. The van der Waals surface area contributed by atoms with Crippen LogP contribution in [0.25, 0.3) is 5.76 Å². The molecule has 0 spiro atoms. The highest BCUT2D eigenvalue weighted by Gasteiger charge is 2.44. The second-order valence-electron chi connectivity index (χ2n) is 8.01. The van der Waals surface area contributed by atoms with Crippen LogP contribution >= 0.6 is 11.6 Å². The summed E-state index contributed by atoms with van der Waals surface area (Å²) in [6.45, 7) is 2.29. The molecule has 0 saturated carbocycles. The van der Waals surface area contributed by atoms with Crippen molar-refractivity contribution in [2.24, 2.45) is 0 Å². The molecule has 9 heteroatoms. The Balaban J connectivity index is 1.83. The summed E-state index contributed by atoms with van der Waals surface area (Å²) in [7, 11) is 1.27. The Bertz CT molecular complexity index is 1340. The monoisotopic (exact) mass is 506 g/mol. The summed E-state index contributed by atoms with van der Waals surface area (Å²) in [5, 5.41) is 13.8. The Hall–Kier alpha value is -4.17. The van der Waals surface area contributed by atoms with E-state index in [1.54, 1.807) is 42.7 Å². The third-order valence-electron chi connectivity index (χ3n) is 5.80. The molecule has 1 unspecified atom stereocenters. The standard InChI is InChI=1S/C27H23ClN2O6/c1-3-36-21-11-10-19(13-20(21)28)24(31)22-23(17-6-8-18(9-7-17)27(34)35-2)30(26(33)25(22)32)15-16-5-4-12-29-14-16/h4-14,23,31H,3,15H2,1-2H3/b24-22+. The van der Waals surface area contributed by atoms with Gasteiger partial charge in [0.05, 0.1) is 36.9 Å². The highest BCUT2D eigenvalue weighted by molar-refractivity contribution is 6.46. The van der Waals surface area contributed by atoms with E-state index in [1.165, 1.54) is 36.3 Å². The zero-order chi connectivity index (χ0) is 25.8. The second kappa shape index (κ2) is 10.6. The summed E-state index contributed by atoms with van der Waals surface area (Å²) in [6, 6.07) is 13.4. The number of amides is 1. The molecule has 8 nitrogen and oxygen atoms in total. The summed E-state index contributed by atoms with van der Waals surface area (Å²) in [5.41, 5.74) is 1.51. The third-order valence-corrected chi connectivity index (χ3v) is 6.09. The highest BCUT2D eigenvalue weighted by atomic mass is 35.5. The number of halogens is 1. The van der Waals surface area contributed by atoms with Gasteiger partial charge in [-0.15, -0.1) is 0 Å². The first-order chi connectivity index (χ1) is 17.3. The Morgan fingerprint density at radius 3 is 2.44 bits per heavy atom. The molecule has 1 atom stereocenters. The predicted octanol–water partition coefficient (Wildman–Crippen LogP) is 2.76. The summed E-state index contributed by atoms with van der Waals surface area (Å²) in [4.78, 5) is 42.5. The van der Waals surface area contributed by atoms with Crippen LogP contribution in [0.4, 0.5) is 0 Å². The molecule has 1 amide bonds. The van der Waals surface area contributed by atoms with Crippen molar-refractivity contribution in [2.75, 3.05) is 13.7 Å². The van der Waals surface area contributed by atoms with Gasteiger partial charge in [0.15, 0.2) is 12.4 Å². The van der Waals surface area contributed by atoms with Gasteiger partial charge in [-0.05, 0) is 48.4 Å². The van der Waals surface area contributed by atoms with Crippen LogP contribution in [0.2, 0.25) is 5.02 Å². The fourth-order valence-corrected chi connectivity index (χ4v) is 4.33. The minimum atomic E-state index is -0.963. The number of pyridine rings is 1. The fourth-order valence-electron chi connectivity index (χ4n) is 4.09. The molecule has 4 rings (SSSR count). The van der Waals surface area contributed by atoms with Crippen molar-refractivity contribution in [1.82, 2.24) is 4.90 Å². The summed E-state index contributed by atoms with van der Waals surface area (Å²) in [6.07, 6.45) is 3.43. The number of aromatic amines is 1. The molecule has 2 heterocycles. The lowest BCUT2D eigenvalue weighted by Gasteiger charge is -2.27. The maximum atomic E-state index is 13.6. The van der Waals surface area contributed by atoms with Crippen LogP contribution in [0.15, 0.2) is 72.6 Å². The number of carbonyl (C=O) groups is 3. The lowest BCUT2D eigenvalue weighted by molar-refractivity contribution is -0.378. The molecular formula is C27H23ClN2O6. The van der Waals surface area contributed by atoms with Gasteiger partial charge in [-0.3, -0.25) is 9.59 Å². The van der Waals surface area contributed by atoms with E-state index < -0.39 is 29.5 Å². The predicted molar refractivity (Wildman–Crippen MR) is 129 cm³/mol. The van der Waals surface area contributed by atoms with E-state index in [4.69, 9.17) is 21.1 Å². The van der Waals surface area contributed by atoms with Gasteiger partial charge in [-0.1, -0.05) is 35.6 Å². The van der Waals surface area contributed by atoms with Crippen molar-refractivity contribution in [3.63, 3.8) is 0 Å². The number of ketones is 1. The zero-order valence-electron chi connectivity index (χ0n) is 19.6. The number of nitrogens with zero attached hydrogens (tertiary/aromatic N) is 1. The van der Waals surface area contributed by atoms with Crippen LogP contribution in [0.1, 0.15) is 40.0 Å². The molecule has 1 saturated heterocycles. The Morgan fingerprint density at radius 2 is 1.83 bits per heavy atom. The average molecular weight is 507 g/mol. The first kappa shape index (κ1) is 24.9. The third kappa shape index (κ3) is 4.81. The Kier molecular flexibility index (Phi) is 7.36. The Labute approximate surface area is 212 Å². The van der Waals surface area contributed by atoms with Gasteiger partial charge in [0.1, 0.15) is 5.75 Å². The van der Waals surface area contributed by atoms with Gasteiger partial charge in [0.2, 0.25) is 5.78 Å². The van der Waals surface area contributed by atoms with Crippen molar-refractivity contribution >= 4 is 35.0 Å². The van der Waals surface area contributed by atoms with Crippen molar-refractivity contribution in [1.29, 1.82) is 0 Å². The summed E-state index contributed by atoms with van der Waals surface area (Å²) in [5.74, 6) is -2.40. The SMILES string of the molecule is CCOc1ccc(/C([O-])=C2\C(=O)C(=O)N(Cc3ccc[nH+]c3)C2c2ccc(C(=O)OC)cc2)cc1Cl. The van der Waals surface area contributed by atoms with E-state index in [2.05, 4.69) is 4.98 Å². The summed E-state index contributed by atoms with van der Waals surface area (Å²) >= 11 is 6.28. The number of hydrogen-bond acceptors (Lipinski definition) is 6. The van der Waals surface area contributed by atoms with E-state index in [0.717, 1.165) is 5.56 Å². The van der Waals surface area contributed by atoms with Gasteiger partial charge >= 0.3 is 5.97 Å². The number of esters is 1. The number of likely N-dealkylation sites (tertiary alicyclic amines) is 1. The van der Waals surface area contributed by atoms with E-state index in [0.29, 0.717) is 23.5 Å². The number of hydrogen-bond donors (Lipinski definition) is 0. The van der Waals surface area contributed by atoms with Crippen LogP contribution < -0.4 is 14.8 Å². The van der Waals surface area contributed by atoms with Crippen LogP contribution in [0.5, 0.6) is 5.75 Å². The van der Waals surface area contributed by atoms with E-state index >= 15 is 0 Å². The minimum Gasteiger partial charge on any atom is -0.872 e. The number of methoxy groups -OCH3 is 1. The topological polar surface area (TPSA) is 110 Å². The average Bonchev–Trinajstić information content (AvgIpc) is 3.14. The maximum Gasteiger partial charge on any atom is 0.337 e. The van der Waals surface area contributed by atoms with E-state index in [-0.39, 0.29) is 22.7 Å². The molecule has 184 valence electrons. The number of H-pyrrole nitrogens is 1. The molecular weight excluding hydrogens is 484 g/mol. The lowest BCUT2D eigenvalue weighted by atomic mass is 9.94. The van der Waals surface area contributed by atoms with Gasteiger partial charge in [0.25, 0.3) is 5.91 Å². The molecule has 3 aromatic rings. The molecule has 2 aromatic carbocycles. The molecule has 1 aliphatic heterocycles. The number of carbonyl (C=O) groups excluding carboxylic acids is 3. The van der Waals surface area contributed by atoms with Gasteiger partial charge in [-0.25, -0.2) is 9.78 Å². The van der Waals surface area contributed by atoms with Crippen molar-refractivity contribution in [2.45, 2.75) is 19.5 Å². The largest absolute Gasteiger partial charge is 0.872 e. The molecule has 1 aliphatic rings. The normalized spacial score (nSPS) is 16.8. The Morgan fingerprint density at radius 1 is 1.11 bits per heavy atom. The first-order valence-electron chi connectivity index (χ1n) is 11.2. The van der Waals surface area contributed by atoms with Crippen LogP contribution in [0, 0.1) is 0 Å². The van der Waals surface area contributed by atoms with Crippen LogP contribution in [-0.2, 0) is 20.9 Å². The van der Waals surface area contributed by atoms with Crippen molar-refractivity contribution in [3.05, 3.63) is 99.8 Å². The molecule has 0 bridgehead atoms. The fraction of sp³-hybridized carbons (Fsp3) is 0.185. The van der Waals surface area contributed by atoms with Gasteiger partial charge in [0, 0.05) is 17.2 Å². The quantitative estimate of drug-likeness (QED) is 0.211. The van der Waals surface area contributed by atoms with Gasteiger partial charge < -0.3 is 19.5 Å². The number of Topliss-reactive ketones (excluding diaryl/α,β-unsaturated/α-hetero) is 1. The number of nitrogens with one attached hydrogen (secondary N) is 1. The van der Waals surface area contributed by atoms with Gasteiger partial charge in [-0.2, -0.15) is 0 Å². The van der Waals surface area contributed by atoms with E-state index in [9.17, 15) is 19.5 Å². The van der Waals surface area contributed by atoms with Crippen molar-refractivity contribution in [3.8, 4) is 5.75 Å². The lowest BCUT2D eigenvalue weighted by Crippen LogP contribution is -2.29. The zero-order valence-corrected chi connectivity index (χ0v) is 20.4. The van der Waals surface area contributed by atoms with E-state index in [1.807, 2.05) is 6.92 Å². The number of rotatable bonds is 7. The molecule has 0 aliphatic carbocycles. The smallest absolute Gasteiger partial charge is 0.337 e. The number of benzene rings is 2. The molecule has 0 radical (unpaired) electrons. The molecule has 1 N–H and O–H groups in total. The molecule has 1 aromatic heterocycles. The molecule has 36 heavy (non-hydrogen) atoms. The highest BCUT2D eigenvalue weighted by Crippen LogP contribution is 2.40.